The molecule has 2 nitrogen and oxygen atoms in total. The minimum Gasteiger partial charge on any atom is -0.361 e. The molecule has 3 heteroatoms. The predicted molar refractivity (Wildman–Crippen MR) is 68.6 cm³/mol. The van der Waals surface area contributed by atoms with Gasteiger partial charge in [-0.1, -0.05) is 30.7 Å². The van der Waals surface area contributed by atoms with Crippen LogP contribution in [0.25, 0.3) is 11.3 Å². The maximum absolute atomic E-state index is 6.25. The molecule has 0 atom stereocenters. The van der Waals surface area contributed by atoms with Crippen molar-refractivity contribution in [3.8, 4) is 11.3 Å². The molecule has 0 amide bonds. The van der Waals surface area contributed by atoms with Gasteiger partial charge in [-0.3, -0.25) is 0 Å². The van der Waals surface area contributed by atoms with Gasteiger partial charge in [-0.15, -0.1) is 0 Å². The van der Waals surface area contributed by atoms with Gasteiger partial charge < -0.3 is 10.3 Å². The minimum absolute atomic E-state index is 0.790. The smallest absolute Gasteiger partial charge is 0.0502 e. The number of rotatable bonds is 4. The first-order valence-electron chi connectivity index (χ1n) is 5.44. The lowest BCUT2D eigenvalue weighted by molar-refractivity contribution is 0.727. The van der Waals surface area contributed by atoms with Crippen molar-refractivity contribution in [3.63, 3.8) is 0 Å². The second kappa shape index (κ2) is 5.19. The van der Waals surface area contributed by atoms with E-state index >= 15 is 0 Å². The van der Waals surface area contributed by atoms with E-state index in [1.807, 2.05) is 24.4 Å². The lowest BCUT2D eigenvalue weighted by atomic mass is 10.1. The average molecular weight is 235 g/mol. The fourth-order valence-corrected chi connectivity index (χ4v) is 1.96. The zero-order valence-electron chi connectivity index (χ0n) is 9.26. The summed E-state index contributed by atoms with van der Waals surface area (Å²) in [5.74, 6) is 0. The van der Waals surface area contributed by atoms with Gasteiger partial charge in [0.2, 0.25) is 0 Å². The van der Waals surface area contributed by atoms with Crippen LogP contribution in [0.3, 0.4) is 0 Å². The second-order valence-corrected chi connectivity index (χ2v) is 4.09. The molecule has 2 rings (SSSR count). The molecule has 1 aromatic carbocycles. The Morgan fingerprint density at radius 2 is 2.19 bits per heavy atom. The fourth-order valence-electron chi connectivity index (χ4n) is 1.65. The van der Waals surface area contributed by atoms with Gasteiger partial charge in [-0.05, 0) is 30.3 Å². The minimum atomic E-state index is 0.790. The number of H-pyrrole nitrogens is 1. The Balaban J connectivity index is 2.23. The Morgan fingerprint density at radius 3 is 2.81 bits per heavy atom. The maximum atomic E-state index is 6.25. The summed E-state index contributed by atoms with van der Waals surface area (Å²) in [6.07, 6.45) is 1.90. The van der Waals surface area contributed by atoms with Crippen molar-refractivity contribution in [2.45, 2.75) is 13.5 Å². The molecular weight excluding hydrogens is 220 g/mol. The standard InChI is InChI=1S/C13H15ClN2/c1-2-15-9-10-5-6-11(12(14)8-10)13-4-3-7-16-13/h3-8,15-16H,2,9H2,1H3. The molecule has 0 radical (unpaired) electrons. The molecule has 0 spiro atoms. The molecule has 16 heavy (non-hydrogen) atoms. The van der Waals surface area contributed by atoms with Crippen LogP contribution in [0, 0.1) is 0 Å². The molecule has 84 valence electrons. The van der Waals surface area contributed by atoms with Crippen molar-refractivity contribution in [1.29, 1.82) is 0 Å². The molecule has 0 aliphatic heterocycles. The predicted octanol–water partition coefficient (Wildman–Crippen LogP) is 3.44. The fraction of sp³-hybridized carbons (Fsp3) is 0.231. The van der Waals surface area contributed by atoms with E-state index in [9.17, 15) is 0 Å². The Kier molecular flexibility index (Phi) is 3.65. The molecule has 0 aliphatic carbocycles. The molecular formula is C13H15ClN2. The van der Waals surface area contributed by atoms with Crippen molar-refractivity contribution >= 4 is 11.6 Å². The maximum Gasteiger partial charge on any atom is 0.0502 e. The normalized spacial score (nSPS) is 10.6. The van der Waals surface area contributed by atoms with E-state index < -0.39 is 0 Å². The van der Waals surface area contributed by atoms with Gasteiger partial charge in [-0.2, -0.15) is 0 Å². The lowest BCUT2D eigenvalue weighted by Crippen LogP contribution is -2.11. The highest BCUT2D eigenvalue weighted by molar-refractivity contribution is 6.33. The number of benzene rings is 1. The summed E-state index contributed by atoms with van der Waals surface area (Å²) in [5.41, 5.74) is 3.31. The van der Waals surface area contributed by atoms with Gasteiger partial charge in [0.15, 0.2) is 0 Å². The molecule has 0 saturated carbocycles. The zero-order chi connectivity index (χ0) is 11.4. The lowest BCUT2D eigenvalue weighted by Gasteiger charge is -2.06. The number of aromatic amines is 1. The first-order valence-corrected chi connectivity index (χ1v) is 5.82. The summed E-state index contributed by atoms with van der Waals surface area (Å²) in [6, 6.07) is 10.2. The molecule has 0 saturated heterocycles. The number of nitrogens with one attached hydrogen (secondary N) is 2. The van der Waals surface area contributed by atoms with E-state index in [-0.39, 0.29) is 0 Å². The quantitative estimate of drug-likeness (QED) is 0.833. The average Bonchev–Trinajstić information content (AvgIpc) is 2.80. The Morgan fingerprint density at radius 1 is 1.31 bits per heavy atom. The second-order valence-electron chi connectivity index (χ2n) is 3.68. The van der Waals surface area contributed by atoms with E-state index in [1.165, 1.54) is 5.56 Å². The van der Waals surface area contributed by atoms with Crippen LogP contribution in [0.5, 0.6) is 0 Å². The van der Waals surface area contributed by atoms with Crippen LogP contribution < -0.4 is 5.32 Å². The summed E-state index contributed by atoms with van der Waals surface area (Å²) in [7, 11) is 0. The largest absolute Gasteiger partial charge is 0.361 e. The summed E-state index contributed by atoms with van der Waals surface area (Å²) in [4.78, 5) is 3.16. The molecule has 0 unspecified atom stereocenters. The summed E-state index contributed by atoms with van der Waals surface area (Å²) in [5, 5.41) is 4.07. The summed E-state index contributed by atoms with van der Waals surface area (Å²) >= 11 is 6.25. The van der Waals surface area contributed by atoms with Gasteiger partial charge in [0.25, 0.3) is 0 Å². The Bertz CT molecular complexity index is 449. The number of hydrogen-bond donors (Lipinski definition) is 2. The van der Waals surface area contributed by atoms with Crippen molar-refractivity contribution in [1.82, 2.24) is 10.3 Å². The van der Waals surface area contributed by atoms with Crippen molar-refractivity contribution in [3.05, 3.63) is 47.1 Å². The highest BCUT2D eigenvalue weighted by Gasteiger charge is 2.04. The third kappa shape index (κ3) is 2.46. The van der Waals surface area contributed by atoms with Crippen LogP contribution in [0.4, 0.5) is 0 Å². The van der Waals surface area contributed by atoms with Crippen LogP contribution in [0.15, 0.2) is 36.5 Å². The van der Waals surface area contributed by atoms with Crippen LogP contribution in [-0.4, -0.2) is 11.5 Å². The van der Waals surface area contributed by atoms with E-state index in [1.54, 1.807) is 0 Å². The van der Waals surface area contributed by atoms with E-state index in [0.29, 0.717) is 0 Å². The van der Waals surface area contributed by atoms with Gasteiger partial charge in [-0.25, -0.2) is 0 Å². The highest BCUT2D eigenvalue weighted by atomic mass is 35.5. The molecule has 1 heterocycles. The highest BCUT2D eigenvalue weighted by Crippen LogP contribution is 2.27. The first kappa shape index (κ1) is 11.2. The molecule has 0 aliphatic rings. The van der Waals surface area contributed by atoms with Crippen molar-refractivity contribution < 1.29 is 0 Å². The summed E-state index contributed by atoms with van der Waals surface area (Å²) in [6.45, 7) is 3.92. The van der Waals surface area contributed by atoms with Crippen LogP contribution >= 0.6 is 11.6 Å². The van der Waals surface area contributed by atoms with Crippen LogP contribution in [0.1, 0.15) is 12.5 Å². The topological polar surface area (TPSA) is 27.8 Å². The van der Waals surface area contributed by atoms with Gasteiger partial charge >= 0.3 is 0 Å². The van der Waals surface area contributed by atoms with Gasteiger partial charge in [0.05, 0.1) is 5.02 Å². The SMILES string of the molecule is CCNCc1ccc(-c2ccc[nH]2)c(Cl)c1. The number of halogens is 1. The molecule has 2 N–H and O–H groups in total. The zero-order valence-corrected chi connectivity index (χ0v) is 10.0. The molecule has 1 aromatic heterocycles. The first-order chi connectivity index (χ1) is 7.81. The van der Waals surface area contributed by atoms with Crippen LogP contribution in [0.2, 0.25) is 5.02 Å². The van der Waals surface area contributed by atoms with Gasteiger partial charge in [0.1, 0.15) is 0 Å². The molecule has 0 fully saturated rings. The third-order valence-corrected chi connectivity index (χ3v) is 2.81. The van der Waals surface area contributed by atoms with E-state index in [2.05, 4.69) is 29.4 Å². The van der Waals surface area contributed by atoms with Gasteiger partial charge in [0, 0.05) is 24.0 Å². The van der Waals surface area contributed by atoms with Crippen LogP contribution in [-0.2, 0) is 6.54 Å². The molecule has 2 aromatic rings. The monoisotopic (exact) mass is 234 g/mol. The Labute approximate surface area is 101 Å². The Hall–Kier alpha value is -1.25. The van der Waals surface area contributed by atoms with Crippen molar-refractivity contribution in [2.75, 3.05) is 6.54 Å². The summed E-state index contributed by atoms with van der Waals surface area (Å²) < 4.78 is 0. The number of aromatic nitrogens is 1. The van der Waals surface area contributed by atoms with Crippen molar-refractivity contribution in [2.24, 2.45) is 0 Å². The molecule has 0 bridgehead atoms. The number of hydrogen-bond acceptors (Lipinski definition) is 1. The third-order valence-electron chi connectivity index (χ3n) is 2.50. The van der Waals surface area contributed by atoms with E-state index in [4.69, 9.17) is 11.6 Å². The van der Waals surface area contributed by atoms with E-state index in [0.717, 1.165) is 29.4 Å².